The van der Waals surface area contributed by atoms with Crippen LogP contribution in [0.1, 0.15) is 27.7 Å². The fraction of sp³-hybridized carbons (Fsp3) is 0.455. The Kier molecular flexibility index (Phi) is 13.5. The molecular weight excluding hydrogens is 635 g/mol. The van der Waals surface area contributed by atoms with Crippen LogP contribution in [-0.2, 0) is 19.1 Å². The Balaban J connectivity index is 0.000000339. The number of aromatic nitrogens is 2. The van der Waals surface area contributed by atoms with Gasteiger partial charge in [0.05, 0.1) is 11.4 Å². The first-order valence-electron chi connectivity index (χ1n) is 10.1. The molecule has 0 aliphatic carbocycles. The number of esters is 2. The fourth-order valence-electron chi connectivity index (χ4n) is 2.13. The summed E-state index contributed by atoms with van der Waals surface area (Å²) < 4.78 is 10.8. The maximum atomic E-state index is 11.6. The van der Waals surface area contributed by atoms with Crippen LogP contribution in [0.15, 0.2) is 48.8 Å². The number of nitrogens with zero attached hydrogens (tertiary/aromatic N) is 2. The molecule has 0 radical (unpaired) electrons. The molecule has 170 valence electrons. The smallest absolute Gasteiger partial charge is 0.0886 e. The van der Waals surface area contributed by atoms with Gasteiger partial charge in [0.2, 0.25) is 0 Å². The zero-order valence-corrected chi connectivity index (χ0v) is 24.4. The maximum Gasteiger partial charge on any atom is 0.0886 e. The molecule has 0 saturated carbocycles. The maximum absolute atomic E-state index is 11.6. The molecule has 2 aromatic heterocycles. The summed E-state index contributed by atoms with van der Waals surface area (Å²) in [7, 11) is 0. The average Bonchev–Trinajstić information content (AvgIpc) is 2.72. The molecule has 31 heavy (non-hydrogen) atoms. The Morgan fingerprint density at radius 1 is 0.806 bits per heavy atom. The standard InChI is InChI=1S/C10H8N2.2C6H11O2.2BrH.Sn/c1-3-7-11-9(5-1)10-6-2-4-8-12-10;2*1-5(2)4-8-6(3)7;;;/h1-8H;2*5H,3-4H2,1-2H3;2*1H;/q;;;;;+2/p-2. The second-order valence-electron chi connectivity index (χ2n) is 7.79. The van der Waals surface area contributed by atoms with E-state index in [1.807, 2.05) is 64.1 Å². The van der Waals surface area contributed by atoms with E-state index in [-0.39, 0.29) is 20.8 Å². The van der Waals surface area contributed by atoms with Crippen molar-refractivity contribution in [2.75, 3.05) is 13.2 Å². The molecule has 0 N–H and O–H groups in total. The Hall–Kier alpha value is -1.00. The number of rotatable bonds is 9. The second-order valence-corrected chi connectivity index (χ2v) is 42.2. The summed E-state index contributed by atoms with van der Waals surface area (Å²) in [6, 6.07) is 11.6. The molecule has 0 unspecified atom stereocenters. The van der Waals surface area contributed by atoms with Crippen molar-refractivity contribution in [1.29, 1.82) is 0 Å². The van der Waals surface area contributed by atoms with Crippen molar-refractivity contribution < 1.29 is 19.1 Å². The summed E-state index contributed by atoms with van der Waals surface area (Å²) in [5.74, 6) is 0.121. The predicted octanol–water partition coefficient (Wildman–Crippen LogP) is 5.76. The molecule has 2 aromatic rings. The van der Waals surface area contributed by atoms with Gasteiger partial charge in [0.1, 0.15) is 0 Å². The van der Waals surface area contributed by atoms with Crippen LogP contribution in [0, 0.1) is 11.8 Å². The summed E-state index contributed by atoms with van der Waals surface area (Å²) in [5, 5.41) is 0. The molecule has 2 rings (SSSR count). The van der Waals surface area contributed by atoms with Crippen molar-refractivity contribution in [1.82, 2.24) is 9.97 Å². The number of hydrogen-bond acceptors (Lipinski definition) is 6. The first-order chi connectivity index (χ1) is 14.6. The second kappa shape index (κ2) is 14.9. The molecule has 0 aliphatic rings. The van der Waals surface area contributed by atoms with Crippen LogP contribution in [0.5, 0.6) is 0 Å². The first kappa shape index (κ1) is 28.0. The average molecular weight is 665 g/mol. The van der Waals surface area contributed by atoms with Crippen LogP contribution in [-0.4, -0.2) is 49.1 Å². The summed E-state index contributed by atoms with van der Waals surface area (Å²) in [6.07, 6.45) is 3.54. The molecule has 0 aromatic carbocycles. The van der Waals surface area contributed by atoms with E-state index in [0.717, 1.165) is 11.4 Å². The third kappa shape index (κ3) is 13.9. The third-order valence-electron chi connectivity index (χ3n) is 3.55. The van der Waals surface area contributed by atoms with E-state index in [4.69, 9.17) is 9.47 Å². The van der Waals surface area contributed by atoms with Gasteiger partial charge in [0.25, 0.3) is 0 Å². The van der Waals surface area contributed by atoms with Crippen molar-refractivity contribution in [3.8, 4) is 11.4 Å². The van der Waals surface area contributed by atoms with Crippen molar-refractivity contribution in [2.45, 2.75) is 36.6 Å². The molecule has 6 nitrogen and oxygen atoms in total. The van der Waals surface area contributed by atoms with Crippen LogP contribution >= 0.6 is 25.4 Å². The van der Waals surface area contributed by atoms with Crippen molar-refractivity contribution in [2.24, 2.45) is 11.8 Å². The quantitative estimate of drug-likeness (QED) is 0.251. The molecule has 0 amide bonds. The minimum Gasteiger partial charge on any atom is -0.255 e. The van der Waals surface area contributed by atoms with E-state index < -0.39 is 13.9 Å². The van der Waals surface area contributed by atoms with Gasteiger partial charge in [-0.05, 0) is 24.3 Å². The molecule has 9 heteroatoms. The van der Waals surface area contributed by atoms with E-state index in [1.165, 1.54) is 0 Å². The number of carbonyl (C=O) groups is 2. The van der Waals surface area contributed by atoms with Gasteiger partial charge in [0.15, 0.2) is 0 Å². The van der Waals surface area contributed by atoms with Crippen molar-refractivity contribution in [3.05, 3.63) is 48.8 Å². The van der Waals surface area contributed by atoms with Crippen LogP contribution in [0.25, 0.3) is 11.4 Å². The minimum atomic E-state index is -3.06. The van der Waals surface area contributed by atoms with E-state index in [2.05, 4.69) is 35.4 Å². The van der Waals surface area contributed by atoms with Gasteiger partial charge in [-0.2, -0.15) is 0 Å². The molecule has 0 saturated heterocycles. The minimum absolute atomic E-state index is 0.255. The van der Waals surface area contributed by atoms with Gasteiger partial charge in [-0.3, -0.25) is 9.97 Å². The molecule has 0 fully saturated rings. The van der Waals surface area contributed by atoms with Gasteiger partial charge in [-0.15, -0.1) is 0 Å². The summed E-state index contributed by atoms with van der Waals surface area (Å²) in [5.41, 5.74) is 1.83. The molecular formula is C22H30Br2N2O4Sn. The monoisotopic (exact) mass is 664 g/mol. The van der Waals surface area contributed by atoms with Gasteiger partial charge in [0, 0.05) is 12.4 Å². The van der Waals surface area contributed by atoms with Crippen molar-refractivity contribution in [3.63, 3.8) is 0 Å². The zero-order valence-electron chi connectivity index (χ0n) is 18.4. The van der Waals surface area contributed by atoms with E-state index in [1.54, 1.807) is 12.4 Å². The zero-order chi connectivity index (χ0) is 23.3. The Labute approximate surface area is 200 Å². The summed E-state index contributed by atoms with van der Waals surface area (Å²) >= 11 is 3.98. The molecule has 0 spiro atoms. The van der Waals surface area contributed by atoms with E-state index in [0.29, 0.717) is 25.0 Å². The van der Waals surface area contributed by atoms with Gasteiger partial charge >= 0.3 is 132 Å². The van der Waals surface area contributed by atoms with Crippen LogP contribution in [0.3, 0.4) is 0 Å². The molecule has 0 bridgehead atoms. The first-order valence-corrected chi connectivity index (χ1v) is 26.9. The third-order valence-corrected chi connectivity index (χ3v) is 15.7. The number of halogens is 2. The Morgan fingerprint density at radius 2 is 1.19 bits per heavy atom. The van der Waals surface area contributed by atoms with Crippen LogP contribution in [0.2, 0.25) is 8.87 Å². The number of carbonyl (C=O) groups excluding carboxylic acids is 2. The number of hydrogen-bond donors (Lipinski definition) is 0. The normalized spacial score (nSPS) is 11.0. The largest absolute Gasteiger partial charge is 0.255 e. The van der Waals surface area contributed by atoms with Crippen LogP contribution < -0.4 is 0 Å². The SMILES string of the molecule is CC(C)COC(=O)[CH2][Sn]([Br])([Br])[CH2]C(=O)OCC(C)C.c1ccc(-c2ccccn2)nc1. The number of ether oxygens (including phenoxy) is 2. The molecule has 0 atom stereocenters. The van der Waals surface area contributed by atoms with Crippen LogP contribution in [0.4, 0.5) is 0 Å². The number of pyridine rings is 2. The predicted molar refractivity (Wildman–Crippen MR) is 132 cm³/mol. The molecule has 0 aliphatic heterocycles. The molecule has 2 heterocycles. The summed E-state index contributed by atoms with van der Waals surface area (Å²) in [4.78, 5) is 31.6. The van der Waals surface area contributed by atoms with E-state index >= 15 is 0 Å². The topological polar surface area (TPSA) is 78.4 Å². The van der Waals surface area contributed by atoms with Gasteiger partial charge < -0.3 is 0 Å². The fourth-order valence-corrected chi connectivity index (χ4v) is 11.6. The Bertz CT molecular complexity index is 725. The summed E-state index contributed by atoms with van der Waals surface area (Å²) in [6.45, 7) is 8.76. The Morgan fingerprint density at radius 3 is 1.48 bits per heavy atom. The van der Waals surface area contributed by atoms with Gasteiger partial charge in [-0.25, -0.2) is 0 Å². The van der Waals surface area contributed by atoms with Crippen molar-refractivity contribution >= 4 is 51.3 Å². The van der Waals surface area contributed by atoms with Gasteiger partial charge in [-0.1, -0.05) is 12.1 Å². The van der Waals surface area contributed by atoms with E-state index in [9.17, 15) is 9.59 Å².